The van der Waals surface area contributed by atoms with Crippen LogP contribution >= 0.6 is 0 Å². The number of aromatic nitrogens is 4. The average Bonchev–Trinajstić information content (AvgIpc) is 3.24. The molecule has 1 atom stereocenters. The Morgan fingerprint density at radius 1 is 1.14 bits per heavy atom. The Labute approximate surface area is 168 Å². The number of hydrogen-bond acceptors (Lipinski definition) is 4. The van der Waals surface area contributed by atoms with Crippen LogP contribution in [0.3, 0.4) is 0 Å². The van der Waals surface area contributed by atoms with Gasteiger partial charge in [-0.15, -0.1) is 10.2 Å². The van der Waals surface area contributed by atoms with Crippen molar-refractivity contribution in [2.45, 2.75) is 46.1 Å². The van der Waals surface area contributed by atoms with Gasteiger partial charge in [0.1, 0.15) is 17.7 Å². The molecule has 2 aromatic carbocycles. The summed E-state index contributed by atoms with van der Waals surface area (Å²) in [6.45, 7) is 6.34. The van der Waals surface area contributed by atoms with Crippen molar-refractivity contribution in [1.29, 1.82) is 0 Å². The van der Waals surface area contributed by atoms with Crippen LogP contribution in [0.25, 0.3) is 21.8 Å². The number of nitrogens with zero attached hydrogens (tertiary/aromatic N) is 5. The second-order valence-corrected chi connectivity index (χ2v) is 7.65. The molecule has 0 bridgehead atoms. The SMILES string of the molecule is CCn1c2ccccc2c2cc(CN3Cc4nnc(C)n4CC3C(=O)O)ccc21. The van der Waals surface area contributed by atoms with Crippen molar-refractivity contribution < 1.29 is 9.90 Å². The molecule has 148 valence electrons. The lowest BCUT2D eigenvalue weighted by Crippen LogP contribution is -2.47. The van der Waals surface area contributed by atoms with Gasteiger partial charge in [-0.3, -0.25) is 9.69 Å². The molecule has 1 aliphatic heterocycles. The highest BCUT2D eigenvalue weighted by molar-refractivity contribution is 6.08. The molecule has 0 saturated heterocycles. The van der Waals surface area contributed by atoms with Crippen molar-refractivity contribution in [2.24, 2.45) is 0 Å². The van der Waals surface area contributed by atoms with Gasteiger partial charge in [-0.1, -0.05) is 24.3 Å². The van der Waals surface area contributed by atoms with E-state index in [1.54, 1.807) is 0 Å². The number of para-hydroxylation sites is 1. The van der Waals surface area contributed by atoms with Gasteiger partial charge in [0.25, 0.3) is 0 Å². The summed E-state index contributed by atoms with van der Waals surface area (Å²) >= 11 is 0. The predicted molar refractivity (Wildman–Crippen MR) is 111 cm³/mol. The number of carboxylic acids is 1. The van der Waals surface area contributed by atoms with E-state index in [0.717, 1.165) is 23.8 Å². The zero-order chi connectivity index (χ0) is 20.1. The number of rotatable bonds is 4. The van der Waals surface area contributed by atoms with E-state index in [0.29, 0.717) is 19.6 Å². The van der Waals surface area contributed by atoms with Gasteiger partial charge < -0.3 is 14.2 Å². The Morgan fingerprint density at radius 2 is 1.93 bits per heavy atom. The topological polar surface area (TPSA) is 76.2 Å². The van der Waals surface area contributed by atoms with E-state index in [9.17, 15) is 9.90 Å². The fourth-order valence-electron chi connectivity index (χ4n) is 4.53. The minimum absolute atomic E-state index is 0.376. The van der Waals surface area contributed by atoms with Gasteiger partial charge in [-0.25, -0.2) is 0 Å². The van der Waals surface area contributed by atoms with Crippen LogP contribution in [-0.4, -0.2) is 41.3 Å². The summed E-state index contributed by atoms with van der Waals surface area (Å²) in [5.74, 6) is 0.774. The number of aliphatic carboxylic acids is 1. The highest BCUT2D eigenvalue weighted by Crippen LogP contribution is 2.30. The Morgan fingerprint density at radius 3 is 2.72 bits per heavy atom. The molecule has 0 radical (unpaired) electrons. The Balaban J connectivity index is 1.54. The fourth-order valence-corrected chi connectivity index (χ4v) is 4.53. The molecule has 1 aliphatic rings. The lowest BCUT2D eigenvalue weighted by atomic mass is 10.1. The van der Waals surface area contributed by atoms with E-state index in [1.807, 2.05) is 16.4 Å². The summed E-state index contributed by atoms with van der Waals surface area (Å²) in [6.07, 6.45) is 0. The minimum Gasteiger partial charge on any atom is -0.480 e. The maximum absolute atomic E-state index is 11.9. The molecule has 4 aromatic rings. The van der Waals surface area contributed by atoms with Crippen LogP contribution < -0.4 is 0 Å². The number of carboxylic acid groups (broad SMARTS) is 1. The second-order valence-electron chi connectivity index (χ2n) is 7.65. The molecule has 7 heteroatoms. The smallest absolute Gasteiger partial charge is 0.322 e. The van der Waals surface area contributed by atoms with Gasteiger partial charge in [0.05, 0.1) is 13.1 Å². The van der Waals surface area contributed by atoms with Gasteiger partial charge >= 0.3 is 5.97 Å². The Hall–Kier alpha value is -3.19. The van der Waals surface area contributed by atoms with Crippen LogP contribution in [0.15, 0.2) is 42.5 Å². The lowest BCUT2D eigenvalue weighted by molar-refractivity contribution is -0.145. The summed E-state index contributed by atoms with van der Waals surface area (Å²) in [4.78, 5) is 13.9. The largest absolute Gasteiger partial charge is 0.480 e. The minimum atomic E-state index is -0.813. The molecular formula is C22H23N5O2. The summed E-state index contributed by atoms with van der Waals surface area (Å²) in [6, 6.07) is 14.3. The predicted octanol–water partition coefficient (Wildman–Crippen LogP) is 3.18. The summed E-state index contributed by atoms with van der Waals surface area (Å²) in [7, 11) is 0. The highest BCUT2D eigenvalue weighted by atomic mass is 16.4. The van der Waals surface area contributed by atoms with Crippen LogP contribution in [0.5, 0.6) is 0 Å². The van der Waals surface area contributed by atoms with Crippen molar-refractivity contribution in [3.05, 3.63) is 59.7 Å². The van der Waals surface area contributed by atoms with E-state index in [2.05, 4.69) is 64.2 Å². The third-order valence-corrected chi connectivity index (χ3v) is 5.98. The van der Waals surface area contributed by atoms with Crippen LogP contribution in [0.2, 0.25) is 0 Å². The molecule has 3 heterocycles. The number of carbonyl (C=O) groups is 1. The Bertz CT molecular complexity index is 1240. The molecule has 29 heavy (non-hydrogen) atoms. The number of fused-ring (bicyclic) bond motifs is 4. The first kappa shape index (κ1) is 17.9. The monoisotopic (exact) mass is 389 g/mol. The zero-order valence-electron chi connectivity index (χ0n) is 16.5. The third kappa shape index (κ3) is 2.81. The first-order valence-electron chi connectivity index (χ1n) is 9.92. The van der Waals surface area contributed by atoms with E-state index in [1.165, 1.54) is 21.8 Å². The van der Waals surface area contributed by atoms with Crippen molar-refractivity contribution in [2.75, 3.05) is 0 Å². The van der Waals surface area contributed by atoms with Gasteiger partial charge in [-0.2, -0.15) is 0 Å². The van der Waals surface area contributed by atoms with E-state index in [-0.39, 0.29) is 0 Å². The molecule has 0 saturated carbocycles. The normalized spacial score (nSPS) is 17.1. The maximum atomic E-state index is 11.9. The van der Waals surface area contributed by atoms with E-state index >= 15 is 0 Å². The second kappa shape index (κ2) is 6.70. The summed E-state index contributed by atoms with van der Waals surface area (Å²) in [5.41, 5.74) is 3.54. The van der Waals surface area contributed by atoms with Gasteiger partial charge in [-0.05, 0) is 37.6 Å². The fraction of sp³-hybridized carbons (Fsp3) is 0.318. The van der Waals surface area contributed by atoms with Crippen LogP contribution in [-0.2, 0) is 31.0 Å². The van der Waals surface area contributed by atoms with Gasteiger partial charge in [0.15, 0.2) is 0 Å². The molecule has 7 nitrogen and oxygen atoms in total. The molecular weight excluding hydrogens is 366 g/mol. The number of benzene rings is 2. The first-order valence-corrected chi connectivity index (χ1v) is 9.92. The maximum Gasteiger partial charge on any atom is 0.322 e. The quantitative estimate of drug-likeness (QED) is 0.580. The molecule has 5 rings (SSSR count). The van der Waals surface area contributed by atoms with Crippen molar-refractivity contribution >= 4 is 27.8 Å². The van der Waals surface area contributed by atoms with Crippen molar-refractivity contribution in [3.8, 4) is 0 Å². The van der Waals surface area contributed by atoms with Crippen LogP contribution in [0, 0.1) is 6.92 Å². The first-order chi connectivity index (χ1) is 14.1. The number of hydrogen-bond donors (Lipinski definition) is 1. The third-order valence-electron chi connectivity index (χ3n) is 5.98. The molecule has 2 aromatic heterocycles. The zero-order valence-corrected chi connectivity index (χ0v) is 16.5. The highest BCUT2D eigenvalue weighted by Gasteiger charge is 2.33. The van der Waals surface area contributed by atoms with E-state index in [4.69, 9.17) is 0 Å². The lowest BCUT2D eigenvalue weighted by Gasteiger charge is -2.33. The standard InChI is InChI=1S/C22H23N5O2/c1-3-26-18-7-5-4-6-16(18)17-10-15(8-9-19(17)26)11-25-13-21-24-23-14(2)27(21)12-20(25)22(28)29/h4-10,20H,3,11-13H2,1-2H3,(H,28,29). The van der Waals surface area contributed by atoms with Crippen molar-refractivity contribution in [3.63, 3.8) is 0 Å². The van der Waals surface area contributed by atoms with Gasteiger partial charge in [0, 0.05) is 34.9 Å². The molecule has 0 fully saturated rings. The number of aryl methyl sites for hydroxylation is 2. The average molecular weight is 389 g/mol. The van der Waals surface area contributed by atoms with Crippen LogP contribution in [0.4, 0.5) is 0 Å². The molecule has 1 unspecified atom stereocenters. The molecule has 0 spiro atoms. The summed E-state index contributed by atoms with van der Waals surface area (Å²) in [5, 5.41) is 20.6. The van der Waals surface area contributed by atoms with E-state index < -0.39 is 12.0 Å². The molecule has 0 aliphatic carbocycles. The Kier molecular flexibility index (Phi) is 4.13. The molecule has 1 N–H and O–H groups in total. The van der Waals surface area contributed by atoms with Gasteiger partial charge in [0.2, 0.25) is 0 Å². The molecule has 0 amide bonds. The van der Waals surface area contributed by atoms with Crippen LogP contribution in [0.1, 0.15) is 24.1 Å². The van der Waals surface area contributed by atoms with Crippen molar-refractivity contribution in [1.82, 2.24) is 24.2 Å². The summed E-state index contributed by atoms with van der Waals surface area (Å²) < 4.78 is 4.23.